The van der Waals surface area contributed by atoms with Gasteiger partial charge in [0.15, 0.2) is 0 Å². The van der Waals surface area contributed by atoms with E-state index in [0.717, 1.165) is 5.56 Å². The van der Waals surface area contributed by atoms with E-state index in [9.17, 15) is 8.42 Å². The fourth-order valence-electron chi connectivity index (χ4n) is 1.80. The second-order valence-electron chi connectivity index (χ2n) is 4.38. The lowest BCUT2D eigenvalue weighted by Crippen LogP contribution is -2.33. The summed E-state index contributed by atoms with van der Waals surface area (Å²) in [6.07, 6.45) is 2.03. The Hall–Kier alpha value is -1.15. The number of aliphatic hydroxyl groups excluding tert-OH is 1. The first-order valence-corrected chi connectivity index (χ1v) is 8.25. The predicted octanol–water partition coefficient (Wildman–Crippen LogP) is 1.48. The standard InChI is InChI=1S/C12H16N2O3S2/c1-9(4-10-2-3-18-8-10)14-19(16,17)12-5-11(7-15)13-6-12/h2-3,5-6,8-9,13-15H,4,7H2,1H3. The zero-order valence-corrected chi connectivity index (χ0v) is 12.1. The number of hydrogen-bond acceptors (Lipinski definition) is 4. The largest absolute Gasteiger partial charge is 0.390 e. The van der Waals surface area contributed by atoms with Gasteiger partial charge in [-0.1, -0.05) is 0 Å². The van der Waals surface area contributed by atoms with E-state index in [1.165, 1.54) is 12.3 Å². The van der Waals surface area contributed by atoms with Crippen molar-refractivity contribution in [3.05, 3.63) is 40.3 Å². The SMILES string of the molecule is CC(Cc1ccsc1)NS(=O)(=O)c1c[nH]c(CO)c1. The average molecular weight is 300 g/mol. The highest BCUT2D eigenvalue weighted by Crippen LogP contribution is 2.13. The van der Waals surface area contributed by atoms with Crippen LogP contribution in [0, 0.1) is 0 Å². The molecule has 2 aromatic rings. The Balaban J connectivity index is 2.04. The molecule has 2 aromatic heterocycles. The highest BCUT2D eigenvalue weighted by molar-refractivity contribution is 7.89. The van der Waals surface area contributed by atoms with Crippen molar-refractivity contribution in [2.45, 2.75) is 30.9 Å². The molecule has 5 nitrogen and oxygen atoms in total. The van der Waals surface area contributed by atoms with Crippen LogP contribution < -0.4 is 4.72 Å². The molecule has 0 aliphatic heterocycles. The van der Waals surface area contributed by atoms with Crippen molar-refractivity contribution < 1.29 is 13.5 Å². The van der Waals surface area contributed by atoms with E-state index in [1.54, 1.807) is 11.3 Å². The topological polar surface area (TPSA) is 82.2 Å². The normalized spacial score (nSPS) is 13.6. The van der Waals surface area contributed by atoms with Crippen LogP contribution in [-0.2, 0) is 23.1 Å². The van der Waals surface area contributed by atoms with Crippen LogP contribution in [0.3, 0.4) is 0 Å². The summed E-state index contributed by atoms with van der Waals surface area (Å²) < 4.78 is 26.8. The number of nitrogens with one attached hydrogen (secondary N) is 2. The third-order valence-electron chi connectivity index (χ3n) is 2.68. The van der Waals surface area contributed by atoms with Crippen molar-refractivity contribution in [2.75, 3.05) is 0 Å². The molecule has 0 aromatic carbocycles. The van der Waals surface area contributed by atoms with E-state index in [0.29, 0.717) is 12.1 Å². The minimum atomic E-state index is -3.54. The number of thiophene rings is 1. The molecule has 0 saturated carbocycles. The van der Waals surface area contributed by atoms with Crippen molar-refractivity contribution in [3.8, 4) is 0 Å². The minimum absolute atomic E-state index is 0.147. The van der Waals surface area contributed by atoms with Gasteiger partial charge in [0.1, 0.15) is 0 Å². The maximum absolute atomic E-state index is 12.1. The first-order valence-electron chi connectivity index (χ1n) is 5.83. The quantitative estimate of drug-likeness (QED) is 0.755. The van der Waals surface area contributed by atoms with Gasteiger partial charge in [-0.15, -0.1) is 0 Å². The molecule has 0 spiro atoms. The molecule has 104 valence electrons. The Labute approximate surface area is 116 Å². The molecular formula is C12H16N2O3S2. The second kappa shape index (κ2) is 5.87. The Morgan fingerprint density at radius 2 is 2.32 bits per heavy atom. The number of aromatic nitrogens is 1. The lowest BCUT2D eigenvalue weighted by molar-refractivity contribution is 0.277. The van der Waals surface area contributed by atoms with E-state index >= 15 is 0 Å². The Morgan fingerprint density at radius 3 is 2.89 bits per heavy atom. The van der Waals surface area contributed by atoms with Crippen molar-refractivity contribution in [3.63, 3.8) is 0 Å². The zero-order chi connectivity index (χ0) is 13.9. The number of aliphatic hydroxyl groups is 1. The lowest BCUT2D eigenvalue weighted by Gasteiger charge is -2.12. The second-order valence-corrected chi connectivity index (χ2v) is 6.87. The summed E-state index contributed by atoms with van der Waals surface area (Å²) in [7, 11) is -3.54. The van der Waals surface area contributed by atoms with Crippen LogP contribution in [0.1, 0.15) is 18.2 Å². The third kappa shape index (κ3) is 3.66. The van der Waals surface area contributed by atoms with Gasteiger partial charge in [0.2, 0.25) is 10.0 Å². The van der Waals surface area contributed by atoms with Gasteiger partial charge in [0.05, 0.1) is 11.5 Å². The Bertz CT molecular complexity index is 617. The fraction of sp³-hybridized carbons (Fsp3) is 0.333. The van der Waals surface area contributed by atoms with Gasteiger partial charge in [0.25, 0.3) is 0 Å². The molecule has 7 heteroatoms. The lowest BCUT2D eigenvalue weighted by atomic mass is 10.1. The zero-order valence-electron chi connectivity index (χ0n) is 10.5. The van der Waals surface area contributed by atoms with Gasteiger partial charge in [-0.25, -0.2) is 13.1 Å². The summed E-state index contributed by atoms with van der Waals surface area (Å²) in [5, 5.41) is 12.9. The maximum atomic E-state index is 12.1. The summed E-state index contributed by atoms with van der Waals surface area (Å²) in [4.78, 5) is 2.86. The molecule has 3 N–H and O–H groups in total. The van der Waals surface area contributed by atoms with Crippen molar-refractivity contribution in [1.29, 1.82) is 0 Å². The summed E-state index contributed by atoms with van der Waals surface area (Å²) in [5.74, 6) is 0. The predicted molar refractivity (Wildman–Crippen MR) is 74.5 cm³/mol. The molecule has 0 aliphatic carbocycles. The van der Waals surface area contributed by atoms with Gasteiger partial charge < -0.3 is 10.1 Å². The molecule has 0 bridgehead atoms. The van der Waals surface area contributed by atoms with Gasteiger partial charge in [-0.05, 0) is 41.8 Å². The highest BCUT2D eigenvalue weighted by atomic mass is 32.2. The first-order chi connectivity index (χ1) is 9.01. The van der Waals surface area contributed by atoms with Crippen LogP contribution in [-0.4, -0.2) is 24.6 Å². The minimum Gasteiger partial charge on any atom is -0.390 e. The van der Waals surface area contributed by atoms with Crippen LogP contribution in [0.15, 0.2) is 34.0 Å². The molecule has 0 saturated heterocycles. The van der Waals surface area contributed by atoms with Crippen molar-refractivity contribution in [1.82, 2.24) is 9.71 Å². The number of sulfonamides is 1. The van der Waals surface area contributed by atoms with E-state index in [1.807, 2.05) is 23.8 Å². The van der Waals surface area contributed by atoms with Gasteiger partial charge in [-0.2, -0.15) is 11.3 Å². The molecule has 19 heavy (non-hydrogen) atoms. The van der Waals surface area contributed by atoms with Gasteiger partial charge in [0, 0.05) is 17.9 Å². The van der Waals surface area contributed by atoms with Gasteiger partial charge in [-0.3, -0.25) is 0 Å². The van der Waals surface area contributed by atoms with Crippen LogP contribution in [0.2, 0.25) is 0 Å². The average Bonchev–Trinajstić information content (AvgIpc) is 2.97. The molecule has 1 atom stereocenters. The number of H-pyrrole nitrogens is 1. The Kier molecular flexibility index (Phi) is 4.41. The van der Waals surface area contributed by atoms with Gasteiger partial charge >= 0.3 is 0 Å². The number of rotatable bonds is 6. The molecule has 0 amide bonds. The monoisotopic (exact) mass is 300 g/mol. The highest BCUT2D eigenvalue weighted by Gasteiger charge is 2.19. The first kappa shape index (κ1) is 14.3. The van der Waals surface area contributed by atoms with Crippen LogP contribution in [0.4, 0.5) is 0 Å². The molecule has 1 unspecified atom stereocenters. The summed E-state index contributed by atoms with van der Waals surface area (Å²) in [6.45, 7) is 1.62. The van der Waals surface area contributed by atoms with E-state index in [2.05, 4.69) is 9.71 Å². The summed E-state index contributed by atoms with van der Waals surface area (Å²) in [5.41, 5.74) is 1.59. The maximum Gasteiger partial charge on any atom is 0.242 e. The van der Waals surface area contributed by atoms with E-state index in [4.69, 9.17) is 5.11 Å². The van der Waals surface area contributed by atoms with Crippen molar-refractivity contribution >= 4 is 21.4 Å². The smallest absolute Gasteiger partial charge is 0.242 e. The van der Waals surface area contributed by atoms with Crippen molar-refractivity contribution in [2.24, 2.45) is 0 Å². The van der Waals surface area contributed by atoms with E-state index < -0.39 is 10.0 Å². The molecule has 0 fully saturated rings. The fourth-order valence-corrected chi connectivity index (χ4v) is 3.74. The summed E-state index contributed by atoms with van der Waals surface area (Å²) >= 11 is 1.59. The van der Waals surface area contributed by atoms with Crippen LogP contribution in [0.25, 0.3) is 0 Å². The molecule has 2 heterocycles. The molecule has 2 rings (SSSR count). The Morgan fingerprint density at radius 1 is 1.53 bits per heavy atom. The molecular weight excluding hydrogens is 284 g/mol. The third-order valence-corrected chi connectivity index (χ3v) is 4.98. The number of aromatic amines is 1. The van der Waals surface area contributed by atoms with Crippen LogP contribution >= 0.6 is 11.3 Å². The summed E-state index contributed by atoms with van der Waals surface area (Å²) in [6, 6.07) is 3.22. The molecule has 0 aliphatic rings. The molecule has 0 radical (unpaired) electrons. The van der Waals surface area contributed by atoms with Crippen LogP contribution in [0.5, 0.6) is 0 Å². The number of hydrogen-bond donors (Lipinski definition) is 3. The van der Waals surface area contributed by atoms with E-state index in [-0.39, 0.29) is 17.5 Å².